The maximum absolute atomic E-state index is 12.1. The number of nitrogens with two attached hydrogens (primary N) is 1. The third kappa shape index (κ3) is 10.2. The molecule has 0 saturated carbocycles. The predicted molar refractivity (Wildman–Crippen MR) is 144 cm³/mol. The fourth-order valence-corrected chi connectivity index (χ4v) is 3.58. The van der Waals surface area contributed by atoms with Gasteiger partial charge in [-0.15, -0.1) is 0 Å². The quantitative estimate of drug-likeness (QED) is 0.286. The van der Waals surface area contributed by atoms with Crippen molar-refractivity contribution in [2.75, 3.05) is 19.8 Å². The largest absolute Gasteiger partial charge is 0.493 e. The number of amides is 2. The van der Waals surface area contributed by atoms with Crippen molar-refractivity contribution in [2.45, 2.75) is 60.4 Å². The molecule has 0 heterocycles. The smallest absolute Gasteiger partial charge is 0.312 e. The molecular weight excluding hydrogens is 472 g/mol. The van der Waals surface area contributed by atoms with Crippen LogP contribution >= 0.6 is 0 Å². The minimum Gasteiger partial charge on any atom is -0.493 e. The SMILES string of the molecule is CC(C)COc1ccc(C(NC(N)=O)c2ccc(OCC(C)C)c(CCC(=O)O)c2)c(OCC(C)C)c1. The highest BCUT2D eigenvalue weighted by Gasteiger charge is 2.23. The number of rotatable bonds is 15. The molecule has 204 valence electrons. The van der Waals surface area contributed by atoms with Gasteiger partial charge in [0.1, 0.15) is 17.2 Å². The Bertz CT molecular complexity index is 1040. The fraction of sp³-hybridized carbons (Fsp3) is 0.517. The summed E-state index contributed by atoms with van der Waals surface area (Å²) < 4.78 is 18.0. The van der Waals surface area contributed by atoms with Crippen molar-refractivity contribution in [1.29, 1.82) is 0 Å². The molecule has 8 nitrogen and oxygen atoms in total. The van der Waals surface area contributed by atoms with Gasteiger partial charge in [0.15, 0.2) is 0 Å². The molecule has 0 bridgehead atoms. The number of ether oxygens (including phenoxy) is 3. The van der Waals surface area contributed by atoms with Crippen LogP contribution in [0.5, 0.6) is 17.2 Å². The summed E-state index contributed by atoms with van der Waals surface area (Å²) in [5, 5.41) is 12.1. The second kappa shape index (κ2) is 14.4. The Hall–Kier alpha value is -3.42. The first kappa shape index (κ1) is 29.8. The maximum atomic E-state index is 12.1. The number of hydrogen-bond donors (Lipinski definition) is 3. The van der Waals surface area contributed by atoms with Gasteiger partial charge in [-0.1, -0.05) is 47.6 Å². The molecule has 0 radical (unpaired) electrons. The Morgan fingerprint density at radius 3 is 2.00 bits per heavy atom. The van der Waals surface area contributed by atoms with Crippen molar-refractivity contribution in [3.8, 4) is 17.2 Å². The zero-order valence-electron chi connectivity index (χ0n) is 22.9. The molecule has 37 heavy (non-hydrogen) atoms. The average Bonchev–Trinajstić information content (AvgIpc) is 2.82. The molecule has 2 aromatic rings. The predicted octanol–water partition coefficient (Wildman–Crippen LogP) is 5.57. The van der Waals surface area contributed by atoms with Gasteiger partial charge in [0.25, 0.3) is 0 Å². The lowest BCUT2D eigenvalue weighted by atomic mass is 9.94. The van der Waals surface area contributed by atoms with Crippen molar-refractivity contribution in [2.24, 2.45) is 23.5 Å². The van der Waals surface area contributed by atoms with Gasteiger partial charge in [-0.25, -0.2) is 4.79 Å². The second-order valence-electron chi connectivity index (χ2n) is 10.5. The van der Waals surface area contributed by atoms with Crippen LogP contribution in [0.25, 0.3) is 0 Å². The number of carboxylic acids is 1. The zero-order valence-corrected chi connectivity index (χ0v) is 22.9. The second-order valence-corrected chi connectivity index (χ2v) is 10.5. The summed E-state index contributed by atoms with van der Waals surface area (Å²) in [6.07, 6.45) is 0.249. The summed E-state index contributed by atoms with van der Waals surface area (Å²) in [7, 11) is 0. The van der Waals surface area contributed by atoms with E-state index in [0.29, 0.717) is 55.3 Å². The van der Waals surface area contributed by atoms with E-state index in [1.165, 1.54) is 0 Å². The molecule has 4 N–H and O–H groups in total. The normalized spacial score (nSPS) is 12.0. The van der Waals surface area contributed by atoms with E-state index < -0.39 is 18.0 Å². The number of aliphatic carboxylic acids is 1. The van der Waals surface area contributed by atoms with Crippen molar-refractivity contribution >= 4 is 12.0 Å². The molecule has 2 aromatic carbocycles. The summed E-state index contributed by atoms with van der Waals surface area (Å²) in [5.41, 5.74) is 7.79. The lowest BCUT2D eigenvalue weighted by Crippen LogP contribution is -2.34. The van der Waals surface area contributed by atoms with Crippen LogP contribution in [0.2, 0.25) is 0 Å². The number of nitrogens with one attached hydrogen (secondary N) is 1. The summed E-state index contributed by atoms with van der Waals surface area (Å²) in [6.45, 7) is 13.9. The first-order valence-electron chi connectivity index (χ1n) is 12.9. The van der Waals surface area contributed by atoms with Crippen molar-refractivity contribution in [1.82, 2.24) is 5.32 Å². The summed E-state index contributed by atoms with van der Waals surface area (Å²) in [5.74, 6) is 1.96. The van der Waals surface area contributed by atoms with Crippen LogP contribution < -0.4 is 25.3 Å². The highest BCUT2D eigenvalue weighted by molar-refractivity contribution is 5.73. The van der Waals surface area contributed by atoms with Crippen LogP contribution in [0.3, 0.4) is 0 Å². The van der Waals surface area contributed by atoms with Gasteiger partial charge < -0.3 is 30.4 Å². The molecule has 0 aliphatic carbocycles. The molecule has 0 aromatic heterocycles. The van der Waals surface area contributed by atoms with Crippen LogP contribution in [-0.4, -0.2) is 36.9 Å². The van der Waals surface area contributed by atoms with Gasteiger partial charge in [0, 0.05) is 18.1 Å². The Morgan fingerprint density at radius 1 is 0.838 bits per heavy atom. The monoisotopic (exact) mass is 514 g/mol. The number of carbonyl (C=O) groups is 2. The topological polar surface area (TPSA) is 120 Å². The first-order valence-corrected chi connectivity index (χ1v) is 12.9. The van der Waals surface area contributed by atoms with Gasteiger partial charge in [-0.2, -0.15) is 0 Å². The van der Waals surface area contributed by atoms with Crippen molar-refractivity contribution in [3.63, 3.8) is 0 Å². The van der Waals surface area contributed by atoms with Gasteiger partial charge >= 0.3 is 12.0 Å². The van der Waals surface area contributed by atoms with Crippen LogP contribution in [-0.2, 0) is 11.2 Å². The van der Waals surface area contributed by atoms with Gasteiger partial charge in [0.2, 0.25) is 0 Å². The van der Waals surface area contributed by atoms with Gasteiger partial charge in [0.05, 0.1) is 25.9 Å². The van der Waals surface area contributed by atoms with E-state index in [0.717, 1.165) is 16.7 Å². The number of urea groups is 1. The Balaban J connectivity index is 2.54. The molecule has 2 rings (SSSR count). The van der Waals surface area contributed by atoms with E-state index in [1.54, 1.807) is 0 Å². The Kier molecular flexibility index (Phi) is 11.6. The van der Waals surface area contributed by atoms with Crippen LogP contribution in [0, 0.1) is 17.8 Å². The molecule has 0 spiro atoms. The third-order valence-electron chi connectivity index (χ3n) is 5.34. The first-order chi connectivity index (χ1) is 17.5. The van der Waals surface area contributed by atoms with E-state index in [2.05, 4.69) is 33.0 Å². The van der Waals surface area contributed by atoms with Gasteiger partial charge in [-0.3, -0.25) is 4.79 Å². The average molecular weight is 515 g/mol. The van der Waals surface area contributed by atoms with Crippen molar-refractivity contribution in [3.05, 3.63) is 53.1 Å². The van der Waals surface area contributed by atoms with E-state index >= 15 is 0 Å². The highest BCUT2D eigenvalue weighted by atomic mass is 16.5. The fourth-order valence-electron chi connectivity index (χ4n) is 3.58. The van der Waals surface area contributed by atoms with E-state index in [4.69, 9.17) is 19.9 Å². The molecule has 0 saturated heterocycles. The van der Waals surface area contributed by atoms with E-state index in [-0.39, 0.29) is 12.3 Å². The minimum atomic E-state index is -0.895. The maximum Gasteiger partial charge on any atom is 0.312 e. The summed E-state index contributed by atoms with van der Waals surface area (Å²) in [4.78, 5) is 23.4. The van der Waals surface area contributed by atoms with Gasteiger partial charge in [-0.05, 0) is 59.6 Å². The number of carbonyl (C=O) groups excluding carboxylic acids is 1. The van der Waals surface area contributed by atoms with Crippen LogP contribution in [0.4, 0.5) is 4.79 Å². The van der Waals surface area contributed by atoms with E-state index in [1.807, 2.05) is 50.2 Å². The third-order valence-corrected chi connectivity index (χ3v) is 5.34. The van der Waals surface area contributed by atoms with Crippen LogP contribution in [0.15, 0.2) is 36.4 Å². The Morgan fingerprint density at radius 2 is 1.43 bits per heavy atom. The molecule has 8 heteroatoms. The summed E-state index contributed by atoms with van der Waals surface area (Å²) >= 11 is 0. The van der Waals surface area contributed by atoms with Crippen LogP contribution in [0.1, 0.15) is 70.7 Å². The number of hydrogen-bond acceptors (Lipinski definition) is 5. The zero-order chi connectivity index (χ0) is 27.5. The highest BCUT2D eigenvalue weighted by Crippen LogP contribution is 2.36. The Labute approximate surface area is 220 Å². The minimum absolute atomic E-state index is 0.0416. The molecule has 1 unspecified atom stereocenters. The number of carboxylic acid groups (broad SMARTS) is 1. The summed E-state index contributed by atoms with van der Waals surface area (Å²) in [6, 6.07) is 9.78. The lowest BCUT2D eigenvalue weighted by Gasteiger charge is -2.24. The number of primary amides is 1. The molecule has 1 atom stereocenters. The lowest BCUT2D eigenvalue weighted by molar-refractivity contribution is -0.136. The molecule has 2 amide bonds. The van der Waals surface area contributed by atoms with Crippen molar-refractivity contribution < 1.29 is 28.9 Å². The number of aryl methyl sites for hydroxylation is 1. The standard InChI is InChI=1S/C29H42N2O6/c1-18(2)15-35-23-9-10-24(26(14-23)37-17-20(5)6)28(31-29(30)34)22-7-11-25(36-16-19(3)4)21(13-22)8-12-27(32)33/h7,9-11,13-14,18-20,28H,8,12,15-17H2,1-6H3,(H,32,33)(H3,30,31,34). The number of benzene rings is 2. The van der Waals surface area contributed by atoms with E-state index in [9.17, 15) is 14.7 Å². The molecule has 0 aliphatic rings. The molecule has 0 fully saturated rings. The molecule has 0 aliphatic heterocycles. The molecular formula is C29H42N2O6.